The zero-order chi connectivity index (χ0) is 24.6. The summed E-state index contributed by atoms with van der Waals surface area (Å²) in [5.74, 6) is -1.26. The Labute approximate surface area is 193 Å². The average molecular weight is 476 g/mol. The Morgan fingerprint density at radius 1 is 1.00 bits per heavy atom. The van der Waals surface area contributed by atoms with Gasteiger partial charge in [-0.25, -0.2) is 13.2 Å². The van der Waals surface area contributed by atoms with Crippen molar-refractivity contribution in [1.82, 2.24) is 20.5 Å². The van der Waals surface area contributed by atoms with Crippen LogP contribution in [-0.4, -0.2) is 43.7 Å². The van der Waals surface area contributed by atoms with E-state index < -0.39 is 33.9 Å². The summed E-state index contributed by atoms with van der Waals surface area (Å²) < 4.78 is 26.7. The van der Waals surface area contributed by atoms with E-state index in [1.807, 2.05) is 19.1 Å². The van der Waals surface area contributed by atoms with Gasteiger partial charge in [0.25, 0.3) is 5.91 Å². The minimum absolute atomic E-state index is 0.0181. The molecule has 0 fully saturated rings. The number of nitrogens with two attached hydrogens (primary N) is 1. The number of hydrogen-bond donors (Lipinski definition) is 4. The van der Waals surface area contributed by atoms with Crippen molar-refractivity contribution in [1.29, 1.82) is 0 Å². The Balaban J connectivity index is 2.09. The molecule has 0 radical (unpaired) electrons. The number of amides is 4. The number of urea groups is 1. The molecule has 2 aromatic rings. The zero-order valence-electron chi connectivity index (χ0n) is 18.8. The van der Waals surface area contributed by atoms with Gasteiger partial charge >= 0.3 is 6.03 Å². The Kier molecular flexibility index (Phi) is 8.94. The van der Waals surface area contributed by atoms with Crippen molar-refractivity contribution in [2.75, 3.05) is 13.1 Å². The summed E-state index contributed by atoms with van der Waals surface area (Å²) >= 11 is 0. The summed E-state index contributed by atoms with van der Waals surface area (Å²) in [6.45, 7) is 5.89. The van der Waals surface area contributed by atoms with Crippen LogP contribution in [0.15, 0.2) is 53.4 Å². The fraction of sp³-hybridized carbons (Fsp3) is 0.318. The van der Waals surface area contributed by atoms with Crippen LogP contribution in [0.4, 0.5) is 4.79 Å². The summed E-state index contributed by atoms with van der Waals surface area (Å²) in [5, 5.41) is 2.53. The number of primary amides is 1. The van der Waals surface area contributed by atoms with E-state index in [1.165, 1.54) is 28.6 Å². The number of benzene rings is 2. The summed E-state index contributed by atoms with van der Waals surface area (Å²) in [5.41, 5.74) is 11.4. The van der Waals surface area contributed by atoms with Crippen molar-refractivity contribution in [3.8, 4) is 0 Å². The van der Waals surface area contributed by atoms with Crippen molar-refractivity contribution in [2.45, 2.75) is 38.1 Å². The first-order valence-electron chi connectivity index (χ1n) is 10.4. The molecule has 0 spiro atoms. The summed E-state index contributed by atoms with van der Waals surface area (Å²) in [6.07, 6.45) is -0.176. The number of carbonyl (C=O) groups is 3. The standard InChI is InChI=1S/C22H29N5O5S/c1-4-27(5-2)33(31,32)17-11-8-10-16(13-17)21(29)26-25-20(28)14-19(24-22(23)30)18-12-7-6-9-15(18)3/h6-13,19H,4-5,14H2,1-3H3,(H,25,28)(H,26,29)(H3,23,24,30). The molecule has 0 aliphatic rings. The van der Waals surface area contributed by atoms with Crippen molar-refractivity contribution in [3.63, 3.8) is 0 Å². The van der Waals surface area contributed by atoms with Crippen LogP contribution in [0.25, 0.3) is 0 Å². The van der Waals surface area contributed by atoms with Crippen LogP contribution in [0.5, 0.6) is 0 Å². The highest BCUT2D eigenvalue weighted by Crippen LogP contribution is 2.20. The number of carbonyl (C=O) groups excluding carboxylic acids is 3. The Bertz CT molecular complexity index is 1120. The molecular weight excluding hydrogens is 446 g/mol. The molecule has 2 rings (SSSR count). The number of sulfonamides is 1. The molecule has 4 amide bonds. The van der Waals surface area contributed by atoms with E-state index in [4.69, 9.17) is 5.73 Å². The van der Waals surface area contributed by atoms with Gasteiger partial charge in [-0.15, -0.1) is 0 Å². The molecule has 0 saturated heterocycles. The first-order valence-corrected chi connectivity index (χ1v) is 11.8. The first kappa shape index (κ1) is 25.8. The topological polar surface area (TPSA) is 151 Å². The van der Waals surface area contributed by atoms with Crippen molar-refractivity contribution < 1.29 is 22.8 Å². The van der Waals surface area contributed by atoms with E-state index in [0.29, 0.717) is 18.7 Å². The lowest BCUT2D eigenvalue weighted by molar-refractivity contribution is -0.122. The van der Waals surface area contributed by atoms with Crippen LogP contribution in [0.2, 0.25) is 0 Å². The quantitative estimate of drug-likeness (QED) is 0.406. The number of rotatable bonds is 9. The summed E-state index contributed by atoms with van der Waals surface area (Å²) in [7, 11) is -3.74. The van der Waals surface area contributed by atoms with E-state index in [2.05, 4.69) is 16.2 Å². The van der Waals surface area contributed by atoms with Crippen LogP contribution in [0.1, 0.15) is 47.8 Å². The van der Waals surface area contributed by atoms with Gasteiger partial charge in [-0.05, 0) is 36.2 Å². The van der Waals surface area contributed by atoms with Crippen molar-refractivity contribution in [3.05, 3.63) is 65.2 Å². The minimum atomic E-state index is -3.74. The first-order chi connectivity index (χ1) is 15.6. The molecule has 33 heavy (non-hydrogen) atoms. The molecule has 0 bridgehead atoms. The predicted molar refractivity (Wildman–Crippen MR) is 123 cm³/mol. The molecule has 1 unspecified atom stereocenters. The highest BCUT2D eigenvalue weighted by molar-refractivity contribution is 7.89. The highest BCUT2D eigenvalue weighted by atomic mass is 32.2. The molecule has 0 aromatic heterocycles. The van der Waals surface area contributed by atoms with Gasteiger partial charge in [0, 0.05) is 18.7 Å². The van der Waals surface area contributed by atoms with Crippen LogP contribution in [0.3, 0.4) is 0 Å². The Morgan fingerprint density at radius 2 is 1.67 bits per heavy atom. The minimum Gasteiger partial charge on any atom is -0.352 e. The molecule has 0 aliphatic heterocycles. The Hall–Kier alpha value is -3.44. The van der Waals surface area contributed by atoms with E-state index in [1.54, 1.807) is 26.0 Å². The summed E-state index contributed by atoms with van der Waals surface area (Å²) in [4.78, 5) is 36.3. The largest absolute Gasteiger partial charge is 0.352 e. The van der Waals surface area contributed by atoms with E-state index in [9.17, 15) is 22.8 Å². The third-order valence-corrected chi connectivity index (χ3v) is 7.07. The van der Waals surface area contributed by atoms with Gasteiger partial charge in [0.05, 0.1) is 17.4 Å². The van der Waals surface area contributed by atoms with Crippen molar-refractivity contribution in [2.24, 2.45) is 5.73 Å². The molecule has 11 heteroatoms. The number of hydrogen-bond acceptors (Lipinski definition) is 5. The molecule has 2 aromatic carbocycles. The third-order valence-electron chi connectivity index (χ3n) is 5.02. The molecule has 0 heterocycles. The highest BCUT2D eigenvalue weighted by Gasteiger charge is 2.23. The maximum Gasteiger partial charge on any atom is 0.312 e. The second-order valence-corrected chi connectivity index (χ2v) is 9.18. The summed E-state index contributed by atoms with van der Waals surface area (Å²) in [6, 6.07) is 11.3. The molecule has 178 valence electrons. The number of aryl methyl sites for hydroxylation is 1. The maximum absolute atomic E-state index is 12.7. The second-order valence-electron chi connectivity index (χ2n) is 7.24. The molecule has 1 atom stereocenters. The normalized spacial score (nSPS) is 12.1. The zero-order valence-corrected chi connectivity index (χ0v) is 19.6. The lowest BCUT2D eigenvalue weighted by atomic mass is 9.98. The van der Waals surface area contributed by atoms with Crippen molar-refractivity contribution >= 4 is 27.9 Å². The van der Waals surface area contributed by atoms with Gasteiger partial charge in [0.1, 0.15) is 0 Å². The lowest BCUT2D eigenvalue weighted by Crippen LogP contribution is -2.44. The van der Waals surface area contributed by atoms with Crippen LogP contribution >= 0.6 is 0 Å². The van der Waals surface area contributed by atoms with E-state index >= 15 is 0 Å². The molecule has 0 aliphatic carbocycles. The number of nitrogens with zero attached hydrogens (tertiary/aromatic N) is 1. The molecule has 0 saturated carbocycles. The van der Waals surface area contributed by atoms with Gasteiger partial charge in [-0.2, -0.15) is 4.31 Å². The SMILES string of the molecule is CCN(CC)S(=O)(=O)c1cccc(C(=O)NNC(=O)CC(NC(N)=O)c2ccccc2C)c1. The van der Waals surface area contributed by atoms with Gasteiger partial charge in [-0.1, -0.05) is 44.2 Å². The Morgan fingerprint density at radius 3 is 2.27 bits per heavy atom. The van der Waals surface area contributed by atoms with Gasteiger partial charge in [-0.3, -0.25) is 20.4 Å². The molecular formula is C22H29N5O5S. The van der Waals surface area contributed by atoms with Gasteiger partial charge in [0.15, 0.2) is 0 Å². The molecule has 5 N–H and O–H groups in total. The monoisotopic (exact) mass is 475 g/mol. The maximum atomic E-state index is 12.7. The third kappa shape index (κ3) is 6.77. The van der Waals surface area contributed by atoms with Gasteiger partial charge < -0.3 is 11.1 Å². The predicted octanol–water partition coefficient (Wildman–Crippen LogP) is 1.59. The second kappa shape index (κ2) is 11.4. The van der Waals surface area contributed by atoms with E-state index in [0.717, 1.165) is 5.56 Å². The van der Waals surface area contributed by atoms with Crippen LogP contribution in [-0.2, 0) is 14.8 Å². The van der Waals surface area contributed by atoms with Crippen LogP contribution < -0.4 is 21.9 Å². The van der Waals surface area contributed by atoms with Gasteiger partial charge in [0.2, 0.25) is 15.9 Å². The number of hydrazine groups is 1. The van der Waals surface area contributed by atoms with E-state index in [-0.39, 0.29) is 16.9 Å². The molecule has 10 nitrogen and oxygen atoms in total. The fourth-order valence-electron chi connectivity index (χ4n) is 3.33. The fourth-order valence-corrected chi connectivity index (χ4v) is 4.84. The lowest BCUT2D eigenvalue weighted by Gasteiger charge is -2.20. The number of nitrogens with one attached hydrogen (secondary N) is 3. The smallest absolute Gasteiger partial charge is 0.312 e. The van der Waals surface area contributed by atoms with Crippen LogP contribution in [0, 0.1) is 6.92 Å². The average Bonchev–Trinajstić information content (AvgIpc) is 2.77.